The predicted octanol–water partition coefficient (Wildman–Crippen LogP) is 4.31. The van der Waals surface area contributed by atoms with Gasteiger partial charge in [0.15, 0.2) is 0 Å². The van der Waals surface area contributed by atoms with Gasteiger partial charge in [-0.05, 0) is 98.8 Å². The van der Waals surface area contributed by atoms with Gasteiger partial charge in [0.1, 0.15) is 11.2 Å². The van der Waals surface area contributed by atoms with Crippen LogP contribution in [0.15, 0.2) is 0 Å². The van der Waals surface area contributed by atoms with Crippen LogP contribution in [-0.4, -0.2) is 60.3 Å². The largest absolute Gasteiger partial charge is 0.469 e. The van der Waals surface area contributed by atoms with E-state index >= 15 is 0 Å². The summed E-state index contributed by atoms with van der Waals surface area (Å²) in [6.45, 7) is 11.3. The molecule has 2 aliphatic rings. The number of aliphatic hydroxyl groups is 1. The summed E-state index contributed by atoms with van der Waals surface area (Å²) in [6.07, 6.45) is 6.21. The van der Waals surface area contributed by atoms with Crippen molar-refractivity contribution in [3.63, 3.8) is 0 Å². The number of alkyl carbamates (subject to hydrolysis) is 2. The number of hydrogen-bond acceptors (Lipinski definition) is 7. The van der Waals surface area contributed by atoms with Crippen LogP contribution in [0.5, 0.6) is 0 Å². The fourth-order valence-corrected chi connectivity index (χ4v) is 4.08. The Morgan fingerprint density at radius 1 is 0.735 bits per heavy atom. The average molecular weight is 487 g/mol. The Balaban J connectivity index is 0.000000342. The minimum absolute atomic E-state index is 0.0216. The van der Waals surface area contributed by atoms with Crippen molar-refractivity contribution in [3.05, 3.63) is 0 Å². The molecule has 0 unspecified atom stereocenters. The lowest BCUT2D eigenvalue weighted by atomic mass is 9.86. The summed E-state index contributed by atoms with van der Waals surface area (Å²) in [5, 5.41) is 14.7. The maximum atomic E-state index is 11.6. The van der Waals surface area contributed by atoms with Gasteiger partial charge in [-0.25, -0.2) is 9.59 Å². The van der Waals surface area contributed by atoms with Crippen LogP contribution in [0.3, 0.4) is 0 Å². The molecule has 9 nitrogen and oxygen atoms in total. The van der Waals surface area contributed by atoms with E-state index in [2.05, 4.69) is 10.6 Å². The van der Waals surface area contributed by atoms with E-state index < -0.39 is 11.2 Å². The van der Waals surface area contributed by atoms with Crippen molar-refractivity contribution in [1.82, 2.24) is 10.6 Å². The zero-order valence-electron chi connectivity index (χ0n) is 22.1. The Morgan fingerprint density at radius 3 is 1.44 bits per heavy atom. The lowest BCUT2D eigenvalue weighted by molar-refractivity contribution is -0.146. The Bertz CT molecular complexity index is 639. The first-order chi connectivity index (χ1) is 15.7. The first kappa shape index (κ1) is 30.0. The Hall–Kier alpha value is -2.03. The highest BCUT2D eigenvalue weighted by molar-refractivity contribution is 5.72. The van der Waals surface area contributed by atoms with Crippen molar-refractivity contribution in [2.24, 2.45) is 11.8 Å². The molecule has 198 valence electrons. The highest BCUT2D eigenvalue weighted by Crippen LogP contribution is 2.26. The predicted molar refractivity (Wildman–Crippen MR) is 129 cm³/mol. The molecule has 0 spiro atoms. The van der Waals surface area contributed by atoms with Crippen molar-refractivity contribution in [2.45, 2.75) is 116 Å². The lowest BCUT2D eigenvalue weighted by Gasteiger charge is -2.29. The molecule has 0 saturated heterocycles. The summed E-state index contributed by atoms with van der Waals surface area (Å²) in [4.78, 5) is 34.4. The van der Waals surface area contributed by atoms with Crippen molar-refractivity contribution in [1.29, 1.82) is 0 Å². The third kappa shape index (κ3) is 13.0. The van der Waals surface area contributed by atoms with Crippen LogP contribution in [0.1, 0.15) is 92.9 Å². The first-order valence-electron chi connectivity index (χ1n) is 12.4. The van der Waals surface area contributed by atoms with Crippen molar-refractivity contribution >= 4 is 18.2 Å². The van der Waals surface area contributed by atoms with E-state index in [1.807, 2.05) is 41.5 Å². The summed E-state index contributed by atoms with van der Waals surface area (Å²) in [5.41, 5.74) is -0.917. The van der Waals surface area contributed by atoms with Crippen LogP contribution in [0.25, 0.3) is 0 Å². The van der Waals surface area contributed by atoms with Crippen LogP contribution in [0.4, 0.5) is 9.59 Å². The highest BCUT2D eigenvalue weighted by atomic mass is 16.6. The van der Waals surface area contributed by atoms with Gasteiger partial charge in [0.05, 0.1) is 13.0 Å². The standard InChI is InChI=1S/C13H23NO4.C12H23NO3/c1-13(2,3)18-12(16)14-10-7-5-9(6-8-10)11(15)17-4;1-12(2,3)16-11(15)13-10-6-4-9(8-14)5-7-10/h9-10H,5-8H2,1-4H3,(H,14,16);9-10,14H,4-8H2,1-3H3,(H,13,15). The van der Waals surface area contributed by atoms with Gasteiger partial charge in [-0.3, -0.25) is 4.79 Å². The van der Waals surface area contributed by atoms with Gasteiger partial charge in [-0.1, -0.05) is 0 Å². The molecule has 2 rings (SSSR count). The summed E-state index contributed by atoms with van der Waals surface area (Å²) >= 11 is 0. The average Bonchev–Trinajstić information content (AvgIpc) is 2.72. The maximum Gasteiger partial charge on any atom is 0.407 e. The minimum atomic E-state index is -0.479. The minimum Gasteiger partial charge on any atom is -0.469 e. The van der Waals surface area contributed by atoms with E-state index in [4.69, 9.17) is 19.3 Å². The molecule has 2 fully saturated rings. The summed E-state index contributed by atoms with van der Waals surface area (Å²) < 4.78 is 15.1. The number of methoxy groups -OCH3 is 1. The lowest BCUT2D eigenvalue weighted by Crippen LogP contribution is -2.41. The molecule has 0 radical (unpaired) electrons. The number of esters is 1. The molecule has 3 N–H and O–H groups in total. The number of hydrogen-bond donors (Lipinski definition) is 3. The van der Waals surface area contributed by atoms with E-state index in [0.29, 0.717) is 5.92 Å². The third-order valence-electron chi connectivity index (χ3n) is 5.81. The van der Waals surface area contributed by atoms with E-state index in [1.54, 1.807) is 0 Å². The molecule has 2 amide bonds. The van der Waals surface area contributed by atoms with Gasteiger partial charge >= 0.3 is 18.2 Å². The molecule has 0 bridgehead atoms. The second kappa shape index (κ2) is 13.8. The highest BCUT2D eigenvalue weighted by Gasteiger charge is 2.29. The van der Waals surface area contributed by atoms with Crippen LogP contribution in [-0.2, 0) is 19.0 Å². The second-order valence-corrected chi connectivity index (χ2v) is 11.3. The SMILES string of the molecule is CC(C)(C)OC(=O)NC1CCC(CO)CC1.COC(=O)C1CCC(NC(=O)OC(C)(C)C)CC1. The molecule has 0 aliphatic heterocycles. The van der Waals surface area contributed by atoms with Gasteiger partial charge < -0.3 is 30.0 Å². The number of carbonyl (C=O) groups excluding carboxylic acids is 3. The molecule has 0 aromatic rings. The Labute approximate surface area is 204 Å². The summed E-state index contributed by atoms with van der Waals surface area (Å²) in [7, 11) is 1.41. The quantitative estimate of drug-likeness (QED) is 0.400. The fraction of sp³-hybridized carbons (Fsp3) is 0.880. The third-order valence-corrected chi connectivity index (χ3v) is 5.81. The molecule has 2 saturated carbocycles. The zero-order chi connectivity index (χ0) is 25.9. The van der Waals surface area contributed by atoms with Crippen LogP contribution in [0.2, 0.25) is 0 Å². The number of aliphatic hydroxyl groups excluding tert-OH is 1. The summed E-state index contributed by atoms with van der Waals surface area (Å²) in [5.74, 6) is 0.245. The second-order valence-electron chi connectivity index (χ2n) is 11.3. The monoisotopic (exact) mass is 486 g/mol. The zero-order valence-corrected chi connectivity index (χ0v) is 22.1. The van der Waals surface area contributed by atoms with Crippen molar-refractivity contribution in [3.8, 4) is 0 Å². The van der Waals surface area contributed by atoms with Crippen molar-refractivity contribution in [2.75, 3.05) is 13.7 Å². The molecule has 2 aliphatic carbocycles. The maximum absolute atomic E-state index is 11.6. The van der Waals surface area contributed by atoms with Gasteiger partial charge in [-0.2, -0.15) is 0 Å². The Kier molecular flexibility index (Phi) is 12.1. The topological polar surface area (TPSA) is 123 Å². The summed E-state index contributed by atoms with van der Waals surface area (Å²) in [6, 6.07) is 0.304. The van der Waals surface area contributed by atoms with Gasteiger partial charge in [0.25, 0.3) is 0 Å². The van der Waals surface area contributed by atoms with Crippen molar-refractivity contribution < 1.29 is 33.7 Å². The fourth-order valence-electron chi connectivity index (χ4n) is 4.08. The van der Waals surface area contributed by atoms with E-state index in [1.165, 1.54) is 7.11 Å². The van der Waals surface area contributed by atoms with E-state index in [-0.39, 0.29) is 42.8 Å². The number of carbonyl (C=O) groups is 3. The molecule has 0 atom stereocenters. The van der Waals surface area contributed by atoms with Gasteiger partial charge in [0, 0.05) is 18.7 Å². The molecule has 0 aromatic heterocycles. The number of amides is 2. The normalized spacial score (nSPS) is 25.2. The van der Waals surface area contributed by atoms with E-state index in [0.717, 1.165) is 51.4 Å². The first-order valence-corrected chi connectivity index (χ1v) is 12.4. The number of rotatable bonds is 4. The number of ether oxygens (including phenoxy) is 3. The molecular formula is C25H46N2O7. The Morgan fingerprint density at radius 2 is 1.12 bits per heavy atom. The smallest absolute Gasteiger partial charge is 0.407 e. The van der Waals surface area contributed by atoms with Gasteiger partial charge in [-0.15, -0.1) is 0 Å². The van der Waals surface area contributed by atoms with E-state index in [9.17, 15) is 14.4 Å². The van der Waals surface area contributed by atoms with Crippen LogP contribution in [0, 0.1) is 11.8 Å². The molecule has 34 heavy (non-hydrogen) atoms. The van der Waals surface area contributed by atoms with Crippen LogP contribution >= 0.6 is 0 Å². The molecule has 9 heteroatoms. The van der Waals surface area contributed by atoms with Crippen LogP contribution < -0.4 is 10.6 Å². The molecule has 0 aromatic carbocycles. The molecular weight excluding hydrogens is 440 g/mol. The number of nitrogens with one attached hydrogen (secondary N) is 2. The molecule has 0 heterocycles. The van der Waals surface area contributed by atoms with Gasteiger partial charge in [0.2, 0.25) is 0 Å².